The van der Waals surface area contributed by atoms with E-state index in [1.54, 1.807) is 38.1 Å². The molecule has 0 aliphatic rings. The number of benzene rings is 1. The lowest BCUT2D eigenvalue weighted by Gasteiger charge is -2.17. The number of nitrogens with one attached hydrogen (secondary N) is 2. The number of aliphatic carboxylic acids is 1. The van der Waals surface area contributed by atoms with Crippen molar-refractivity contribution in [1.29, 1.82) is 0 Å². The average Bonchev–Trinajstić information content (AvgIpc) is 2.96. The number of carbonyl (C=O) groups excluding carboxylic acids is 1. The first-order chi connectivity index (χ1) is 11.4. The Hall–Kier alpha value is -3.16. The summed E-state index contributed by atoms with van der Waals surface area (Å²) in [6.07, 6.45) is 1.31. The van der Waals surface area contributed by atoms with Gasteiger partial charge in [0.15, 0.2) is 0 Å². The molecule has 8 heteroatoms. The van der Waals surface area contributed by atoms with Crippen molar-refractivity contribution in [3.63, 3.8) is 0 Å². The molecule has 3 aromatic rings. The first kappa shape index (κ1) is 15.7. The van der Waals surface area contributed by atoms with Gasteiger partial charge in [0, 0.05) is 0 Å². The summed E-state index contributed by atoms with van der Waals surface area (Å²) in [4.78, 5) is 38.5. The predicted molar refractivity (Wildman–Crippen MR) is 87.0 cm³/mol. The highest BCUT2D eigenvalue weighted by Gasteiger charge is 2.25. The first-order valence-corrected chi connectivity index (χ1v) is 7.42. The number of para-hydroxylation sites is 1. The molecule has 0 saturated heterocycles. The number of hydrogen-bond donors (Lipinski definition) is 3. The van der Waals surface area contributed by atoms with Gasteiger partial charge >= 0.3 is 5.97 Å². The number of fused-ring (bicyclic) bond motifs is 3. The number of carboxylic acid groups (broad SMARTS) is 1. The number of carbonyl (C=O) groups is 2. The quantitative estimate of drug-likeness (QED) is 0.661. The lowest BCUT2D eigenvalue weighted by molar-refractivity contribution is -0.140. The summed E-state index contributed by atoms with van der Waals surface area (Å²) >= 11 is 0. The maximum Gasteiger partial charge on any atom is 0.326 e. The summed E-state index contributed by atoms with van der Waals surface area (Å²) in [5, 5.41) is 16.3. The molecule has 0 unspecified atom stereocenters. The van der Waals surface area contributed by atoms with Gasteiger partial charge in [0.05, 0.1) is 17.1 Å². The van der Waals surface area contributed by atoms with Crippen LogP contribution in [0.25, 0.3) is 16.6 Å². The summed E-state index contributed by atoms with van der Waals surface area (Å²) < 4.78 is 1.46. The molecule has 3 rings (SSSR count). The van der Waals surface area contributed by atoms with Crippen LogP contribution in [0.5, 0.6) is 0 Å². The molecule has 0 aliphatic heterocycles. The van der Waals surface area contributed by atoms with Gasteiger partial charge in [-0.05, 0) is 18.1 Å². The van der Waals surface area contributed by atoms with Crippen molar-refractivity contribution in [2.24, 2.45) is 5.92 Å². The minimum absolute atomic E-state index is 0.116. The molecule has 0 fully saturated rings. The Labute approximate surface area is 136 Å². The molecule has 24 heavy (non-hydrogen) atoms. The van der Waals surface area contributed by atoms with E-state index >= 15 is 0 Å². The van der Waals surface area contributed by atoms with Crippen molar-refractivity contribution in [2.45, 2.75) is 19.9 Å². The number of rotatable bonds is 4. The van der Waals surface area contributed by atoms with E-state index in [4.69, 9.17) is 0 Å². The van der Waals surface area contributed by atoms with E-state index in [1.807, 2.05) is 0 Å². The van der Waals surface area contributed by atoms with E-state index in [2.05, 4.69) is 15.4 Å². The number of hydrogen-bond acceptors (Lipinski definition) is 4. The number of nitrogens with zero attached hydrogens (tertiary/aromatic N) is 2. The summed E-state index contributed by atoms with van der Waals surface area (Å²) in [6, 6.07) is 5.86. The minimum atomic E-state index is -1.12. The van der Waals surface area contributed by atoms with Crippen LogP contribution in [0.15, 0.2) is 35.3 Å². The van der Waals surface area contributed by atoms with Gasteiger partial charge in [-0.15, -0.1) is 0 Å². The molecule has 2 aromatic heterocycles. The zero-order chi connectivity index (χ0) is 17.4. The van der Waals surface area contributed by atoms with Gasteiger partial charge in [-0.3, -0.25) is 9.59 Å². The molecule has 1 atom stereocenters. The van der Waals surface area contributed by atoms with Crippen LogP contribution in [0.2, 0.25) is 0 Å². The lowest BCUT2D eigenvalue weighted by Crippen LogP contribution is -2.44. The Balaban J connectivity index is 2.09. The molecular weight excluding hydrogens is 312 g/mol. The SMILES string of the molecule is CC(C)[C@H](NC(=O)c1cnn2c1[nH]c(=O)c1ccccc12)C(=O)O. The highest BCUT2D eigenvalue weighted by Crippen LogP contribution is 2.14. The second-order valence-corrected chi connectivity index (χ2v) is 5.82. The molecule has 0 saturated carbocycles. The Bertz CT molecular complexity index is 1000. The van der Waals surface area contributed by atoms with Crippen LogP contribution in [0, 0.1) is 5.92 Å². The molecular formula is C16H16N4O4. The Morgan fingerprint density at radius 2 is 2.00 bits per heavy atom. The topological polar surface area (TPSA) is 117 Å². The summed E-state index contributed by atoms with van der Waals surface area (Å²) in [5.74, 6) is -2.00. The molecule has 2 heterocycles. The maximum atomic E-state index is 12.4. The van der Waals surface area contributed by atoms with Gasteiger partial charge in [-0.25, -0.2) is 9.31 Å². The van der Waals surface area contributed by atoms with Crippen LogP contribution in [-0.2, 0) is 4.79 Å². The Kier molecular flexibility index (Phi) is 3.80. The van der Waals surface area contributed by atoms with Crippen LogP contribution in [0.1, 0.15) is 24.2 Å². The molecule has 0 radical (unpaired) electrons. The average molecular weight is 328 g/mol. The van der Waals surface area contributed by atoms with Crippen molar-refractivity contribution in [2.75, 3.05) is 0 Å². The van der Waals surface area contributed by atoms with E-state index in [-0.39, 0.29) is 22.7 Å². The predicted octanol–water partition coefficient (Wildman–Crippen LogP) is 1.01. The van der Waals surface area contributed by atoms with Crippen molar-refractivity contribution >= 4 is 28.4 Å². The van der Waals surface area contributed by atoms with Crippen LogP contribution in [-0.4, -0.2) is 37.6 Å². The monoisotopic (exact) mass is 328 g/mol. The van der Waals surface area contributed by atoms with Crippen molar-refractivity contribution in [3.05, 3.63) is 46.4 Å². The maximum absolute atomic E-state index is 12.4. The highest BCUT2D eigenvalue weighted by atomic mass is 16.4. The van der Waals surface area contributed by atoms with Crippen molar-refractivity contribution in [1.82, 2.24) is 19.9 Å². The third-order valence-corrected chi connectivity index (χ3v) is 3.84. The van der Waals surface area contributed by atoms with Crippen LogP contribution in [0.3, 0.4) is 0 Å². The standard InChI is InChI=1S/C16H16N4O4/c1-8(2)12(16(23)24)18-15(22)10-7-17-20-11-6-4-3-5-9(11)14(21)19-13(10)20/h3-8,12H,1-2H3,(H,18,22)(H,19,21)(H,23,24)/t12-/m0/s1. The van der Waals surface area contributed by atoms with E-state index in [0.717, 1.165) is 0 Å². The summed E-state index contributed by atoms with van der Waals surface area (Å²) in [7, 11) is 0. The zero-order valence-corrected chi connectivity index (χ0v) is 13.1. The van der Waals surface area contributed by atoms with E-state index in [1.165, 1.54) is 10.7 Å². The molecule has 3 N–H and O–H groups in total. The molecule has 124 valence electrons. The van der Waals surface area contributed by atoms with Gasteiger partial charge in [0.2, 0.25) is 0 Å². The number of aromatic amines is 1. The summed E-state index contributed by atoms with van der Waals surface area (Å²) in [6.45, 7) is 3.40. The van der Waals surface area contributed by atoms with Crippen LogP contribution < -0.4 is 10.9 Å². The molecule has 1 aromatic carbocycles. The highest BCUT2D eigenvalue weighted by molar-refractivity contribution is 6.02. The zero-order valence-electron chi connectivity index (χ0n) is 13.1. The van der Waals surface area contributed by atoms with Gasteiger partial charge in [0.1, 0.15) is 17.3 Å². The molecule has 0 bridgehead atoms. The van der Waals surface area contributed by atoms with Crippen molar-refractivity contribution < 1.29 is 14.7 Å². The van der Waals surface area contributed by atoms with Gasteiger partial charge < -0.3 is 15.4 Å². The van der Waals surface area contributed by atoms with E-state index in [9.17, 15) is 19.5 Å². The van der Waals surface area contributed by atoms with E-state index in [0.29, 0.717) is 10.9 Å². The Morgan fingerprint density at radius 3 is 2.67 bits per heavy atom. The molecule has 8 nitrogen and oxygen atoms in total. The number of carboxylic acids is 1. The smallest absolute Gasteiger partial charge is 0.326 e. The van der Waals surface area contributed by atoms with Crippen molar-refractivity contribution in [3.8, 4) is 0 Å². The fourth-order valence-electron chi connectivity index (χ4n) is 2.58. The van der Waals surface area contributed by atoms with Gasteiger partial charge in [-0.2, -0.15) is 5.10 Å². The largest absolute Gasteiger partial charge is 0.480 e. The number of H-pyrrole nitrogens is 1. The molecule has 0 aliphatic carbocycles. The number of amides is 1. The second kappa shape index (κ2) is 5.80. The third-order valence-electron chi connectivity index (χ3n) is 3.84. The fourth-order valence-corrected chi connectivity index (χ4v) is 2.58. The summed E-state index contributed by atoms with van der Waals surface area (Å²) in [5.41, 5.74) is 0.564. The lowest BCUT2D eigenvalue weighted by atomic mass is 10.0. The normalized spacial score (nSPS) is 12.6. The molecule has 0 spiro atoms. The van der Waals surface area contributed by atoms with Crippen LogP contribution in [0.4, 0.5) is 0 Å². The van der Waals surface area contributed by atoms with Gasteiger partial charge in [-0.1, -0.05) is 26.0 Å². The first-order valence-electron chi connectivity index (χ1n) is 7.42. The second-order valence-electron chi connectivity index (χ2n) is 5.82. The fraction of sp³-hybridized carbons (Fsp3) is 0.250. The van der Waals surface area contributed by atoms with E-state index < -0.39 is 17.9 Å². The number of aromatic nitrogens is 3. The van der Waals surface area contributed by atoms with Crippen LogP contribution >= 0.6 is 0 Å². The molecule has 1 amide bonds. The minimum Gasteiger partial charge on any atom is -0.480 e. The third kappa shape index (κ3) is 2.51. The van der Waals surface area contributed by atoms with Gasteiger partial charge in [0.25, 0.3) is 11.5 Å². The Morgan fingerprint density at radius 1 is 1.29 bits per heavy atom.